The van der Waals surface area contributed by atoms with Crippen LogP contribution in [0.1, 0.15) is 46.4 Å². The number of hydrogen-bond acceptors (Lipinski definition) is 4. The van der Waals surface area contributed by atoms with E-state index in [1.54, 1.807) is 6.33 Å². The highest BCUT2D eigenvalue weighted by Gasteiger charge is 2.34. The van der Waals surface area contributed by atoms with Gasteiger partial charge in [0.25, 0.3) is 0 Å². The van der Waals surface area contributed by atoms with Crippen molar-refractivity contribution in [2.24, 2.45) is 11.8 Å². The van der Waals surface area contributed by atoms with Gasteiger partial charge in [-0.15, -0.1) is 0 Å². The molecule has 0 aromatic carbocycles. The standard InChI is InChI=1S/C16H30N4O/c1-5-15-13(7-8-21-15)14(17-6-2)9-16-18-11-19-20(16)10-12(3)4/h11-15,17H,5-10H2,1-4H3. The summed E-state index contributed by atoms with van der Waals surface area (Å²) < 4.78 is 7.93. The third-order valence-corrected chi connectivity index (χ3v) is 4.28. The Labute approximate surface area is 128 Å². The van der Waals surface area contributed by atoms with Gasteiger partial charge in [0.15, 0.2) is 0 Å². The van der Waals surface area contributed by atoms with Crippen molar-refractivity contribution in [1.29, 1.82) is 0 Å². The topological polar surface area (TPSA) is 52.0 Å². The number of hydrogen-bond donors (Lipinski definition) is 1. The van der Waals surface area contributed by atoms with Crippen LogP contribution in [-0.4, -0.2) is 40.1 Å². The molecule has 0 bridgehead atoms. The average molecular weight is 294 g/mol. The fourth-order valence-electron chi connectivity index (χ4n) is 3.32. The Balaban J connectivity index is 2.07. The maximum Gasteiger partial charge on any atom is 0.138 e. The molecule has 3 unspecified atom stereocenters. The van der Waals surface area contributed by atoms with E-state index in [4.69, 9.17) is 4.74 Å². The van der Waals surface area contributed by atoms with Crippen LogP contribution in [-0.2, 0) is 17.7 Å². The Morgan fingerprint density at radius 2 is 2.24 bits per heavy atom. The van der Waals surface area contributed by atoms with Crippen LogP contribution in [0.5, 0.6) is 0 Å². The first-order valence-corrected chi connectivity index (χ1v) is 8.37. The van der Waals surface area contributed by atoms with Crippen LogP contribution in [0, 0.1) is 11.8 Å². The largest absolute Gasteiger partial charge is 0.378 e. The lowest BCUT2D eigenvalue weighted by Gasteiger charge is -2.27. The van der Waals surface area contributed by atoms with E-state index in [1.165, 1.54) is 0 Å². The lowest BCUT2D eigenvalue weighted by Crippen LogP contribution is -2.42. The fraction of sp³-hybridized carbons (Fsp3) is 0.875. The van der Waals surface area contributed by atoms with Gasteiger partial charge >= 0.3 is 0 Å². The van der Waals surface area contributed by atoms with E-state index in [-0.39, 0.29) is 0 Å². The molecule has 1 N–H and O–H groups in total. The van der Waals surface area contributed by atoms with Gasteiger partial charge in [0.1, 0.15) is 12.2 Å². The van der Waals surface area contributed by atoms with Crippen molar-refractivity contribution in [1.82, 2.24) is 20.1 Å². The molecule has 0 radical (unpaired) electrons. The third kappa shape index (κ3) is 4.27. The van der Waals surface area contributed by atoms with Crippen molar-refractivity contribution < 1.29 is 4.74 Å². The van der Waals surface area contributed by atoms with E-state index < -0.39 is 0 Å². The predicted octanol–water partition coefficient (Wildman–Crippen LogP) is 2.27. The molecule has 1 aromatic rings. The molecule has 1 fully saturated rings. The van der Waals surface area contributed by atoms with Crippen LogP contribution in [0.2, 0.25) is 0 Å². The van der Waals surface area contributed by atoms with E-state index >= 15 is 0 Å². The number of ether oxygens (including phenoxy) is 1. The molecule has 3 atom stereocenters. The second-order valence-electron chi connectivity index (χ2n) is 6.39. The van der Waals surface area contributed by atoms with Gasteiger partial charge in [-0.2, -0.15) is 5.10 Å². The van der Waals surface area contributed by atoms with Gasteiger partial charge in [0.05, 0.1) is 6.10 Å². The van der Waals surface area contributed by atoms with E-state index in [0.29, 0.717) is 24.0 Å². The smallest absolute Gasteiger partial charge is 0.138 e. The maximum atomic E-state index is 5.87. The molecule has 1 aromatic heterocycles. The van der Waals surface area contributed by atoms with E-state index in [2.05, 4.69) is 47.8 Å². The molecule has 21 heavy (non-hydrogen) atoms. The van der Waals surface area contributed by atoms with Crippen LogP contribution in [0.4, 0.5) is 0 Å². The molecular weight excluding hydrogens is 264 g/mol. The molecule has 0 spiro atoms. The molecule has 0 aliphatic carbocycles. The molecule has 0 amide bonds. The van der Waals surface area contributed by atoms with Crippen LogP contribution < -0.4 is 5.32 Å². The van der Waals surface area contributed by atoms with Gasteiger partial charge in [0, 0.05) is 31.5 Å². The zero-order valence-corrected chi connectivity index (χ0v) is 13.9. The summed E-state index contributed by atoms with van der Waals surface area (Å²) in [6.45, 7) is 11.6. The molecule has 1 saturated heterocycles. The minimum absolute atomic E-state index is 0.385. The molecule has 5 nitrogen and oxygen atoms in total. The molecule has 5 heteroatoms. The van der Waals surface area contributed by atoms with Crippen LogP contribution in [0.15, 0.2) is 6.33 Å². The van der Waals surface area contributed by atoms with E-state index in [1.807, 2.05) is 0 Å². The van der Waals surface area contributed by atoms with Gasteiger partial charge in [-0.25, -0.2) is 9.67 Å². The number of nitrogens with zero attached hydrogens (tertiary/aromatic N) is 3. The Morgan fingerprint density at radius 3 is 2.90 bits per heavy atom. The zero-order chi connectivity index (χ0) is 15.2. The summed E-state index contributed by atoms with van der Waals surface area (Å²) in [7, 11) is 0. The summed E-state index contributed by atoms with van der Waals surface area (Å²) in [5.41, 5.74) is 0. The lowest BCUT2D eigenvalue weighted by molar-refractivity contribution is 0.0773. The van der Waals surface area contributed by atoms with Crippen LogP contribution in [0.25, 0.3) is 0 Å². The molecule has 2 rings (SSSR count). The Hall–Kier alpha value is -0.940. The summed E-state index contributed by atoms with van der Waals surface area (Å²) in [6.07, 6.45) is 5.24. The quantitative estimate of drug-likeness (QED) is 0.799. The molecule has 1 aliphatic rings. The van der Waals surface area contributed by atoms with Gasteiger partial charge in [-0.1, -0.05) is 27.7 Å². The number of aromatic nitrogens is 3. The first-order valence-electron chi connectivity index (χ1n) is 8.37. The first kappa shape index (κ1) is 16.4. The minimum atomic E-state index is 0.385. The van der Waals surface area contributed by atoms with Crippen molar-refractivity contribution in [2.45, 2.75) is 65.6 Å². The highest BCUT2D eigenvalue weighted by atomic mass is 16.5. The second-order valence-corrected chi connectivity index (χ2v) is 6.39. The lowest BCUT2D eigenvalue weighted by atomic mass is 9.89. The number of nitrogens with one attached hydrogen (secondary N) is 1. The predicted molar refractivity (Wildman–Crippen MR) is 84.2 cm³/mol. The van der Waals surface area contributed by atoms with Gasteiger partial charge in [0.2, 0.25) is 0 Å². The molecule has 120 valence electrons. The summed E-state index contributed by atoms with van der Waals surface area (Å²) in [5.74, 6) is 2.26. The average Bonchev–Trinajstić information content (AvgIpc) is 3.07. The van der Waals surface area contributed by atoms with E-state index in [0.717, 1.165) is 44.8 Å². The Bertz CT molecular complexity index is 418. The van der Waals surface area contributed by atoms with Crippen molar-refractivity contribution in [3.05, 3.63) is 12.2 Å². The van der Waals surface area contributed by atoms with Gasteiger partial charge < -0.3 is 10.1 Å². The highest BCUT2D eigenvalue weighted by Crippen LogP contribution is 2.28. The van der Waals surface area contributed by atoms with Crippen molar-refractivity contribution in [2.75, 3.05) is 13.2 Å². The van der Waals surface area contributed by atoms with Crippen LogP contribution >= 0.6 is 0 Å². The Morgan fingerprint density at radius 1 is 1.43 bits per heavy atom. The van der Waals surface area contributed by atoms with Crippen LogP contribution in [0.3, 0.4) is 0 Å². The number of rotatable bonds is 8. The van der Waals surface area contributed by atoms with Crippen molar-refractivity contribution in [3.8, 4) is 0 Å². The molecular formula is C16H30N4O. The highest BCUT2D eigenvalue weighted by molar-refractivity contribution is 4.95. The summed E-state index contributed by atoms with van der Waals surface area (Å²) in [6, 6.07) is 0.428. The summed E-state index contributed by atoms with van der Waals surface area (Å²) in [4.78, 5) is 4.48. The maximum absolute atomic E-state index is 5.87. The first-order chi connectivity index (χ1) is 10.2. The molecule has 0 saturated carbocycles. The Kier molecular flexibility index (Phi) is 6.18. The SMILES string of the molecule is CCNC(Cc1ncnn1CC(C)C)C1CCOC1CC. The van der Waals surface area contributed by atoms with Crippen molar-refractivity contribution >= 4 is 0 Å². The van der Waals surface area contributed by atoms with Crippen molar-refractivity contribution in [3.63, 3.8) is 0 Å². The summed E-state index contributed by atoms with van der Waals surface area (Å²) in [5, 5.41) is 8.03. The molecule has 1 aliphatic heterocycles. The fourth-order valence-corrected chi connectivity index (χ4v) is 3.32. The second kappa shape index (κ2) is 7.90. The summed E-state index contributed by atoms with van der Waals surface area (Å²) >= 11 is 0. The zero-order valence-electron chi connectivity index (χ0n) is 13.9. The van der Waals surface area contributed by atoms with Gasteiger partial charge in [-0.05, 0) is 25.3 Å². The third-order valence-electron chi connectivity index (χ3n) is 4.28. The monoisotopic (exact) mass is 294 g/mol. The number of likely N-dealkylation sites (N-methyl/N-ethyl adjacent to an activating group) is 1. The minimum Gasteiger partial charge on any atom is -0.378 e. The van der Waals surface area contributed by atoms with E-state index in [9.17, 15) is 0 Å². The van der Waals surface area contributed by atoms with Gasteiger partial charge in [-0.3, -0.25) is 0 Å². The normalized spacial score (nSPS) is 23.9. The molecule has 2 heterocycles.